The number of hydrogen-bond acceptors (Lipinski definition) is 5. The summed E-state index contributed by atoms with van der Waals surface area (Å²) in [5, 5.41) is 3.89. The number of hydrogen-bond donors (Lipinski definition) is 1. The Bertz CT molecular complexity index is 1110. The van der Waals surface area contributed by atoms with Gasteiger partial charge >= 0.3 is 0 Å². The van der Waals surface area contributed by atoms with Crippen molar-refractivity contribution in [2.75, 3.05) is 14.2 Å². The van der Waals surface area contributed by atoms with Crippen molar-refractivity contribution in [1.29, 1.82) is 0 Å². The van der Waals surface area contributed by atoms with Crippen LogP contribution in [-0.2, 0) is 6.54 Å². The highest BCUT2D eigenvalue weighted by atomic mass is 16.5. The summed E-state index contributed by atoms with van der Waals surface area (Å²) in [4.78, 5) is 26.4. The van der Waals surface area contributed by atoms with E-state index in [-0.39, 0.29) is 17.5 Å². The van der Waals surface area contributed by atoms with Crippen LogP contribution in [0.15, 0.2) is 39.9 Å². The molecule has 0 aliphatic rings. The summed E-state index contributed by atoms with van der Waals surface area (Å²) in [6.45, 7) is 6.24. The molecule has 0 bridgehead atoms. The molecule has 3 aromatic rings. The van der Waals surface area contributed by atoms with E-state index in [2.05, 4.69) is 5.32 Å². The van der Waals surface area contributed by atoms with Gasteiger partial charge in [-0.3, -0.25) is 9.59 Å². The van der Waals surface area contributed by atoms with E-state index < -0.39 is 0 Å². The number of nitrogens with one attached hydrogen (secondary N) is 1. The van der Waals surface area contributed by atoms with Gasteiger partial charge < -0.3 is 23.8 Å². The first-order valence-corrected chi connectivity index (χ1v) is 10.1. The van der Waals surface area contributed by atoms with Gasteiger partial charge in [-0.15, -0.1) is 0 Å². The molecule has 2 heterocycles. The van der Waals surface area contributed by atoms with Gasteiger partial charge in [0.2, 0.25) is 0 Å². The lowest BCUT2D eigenvalue weighted by atomic mass is 10.0. The highest BCUT2D eigenvalue weighted by molar-refractivity contribution is 6.07. The third-order valence-electron chi connectivity index (χ3n) is 5.53. The summed E-state index contributed by atoms with van der Waals surface area (Å²) >= 11 is 0. The minimum Gasteiger partial charge on any atom is -0.493 e. The van der Waals surface area contributed by atoms with Gasteiger partial charge in [0.1, 0.15) is 5.76 Å². The molecule has 0 atom stereocenters. The lowest BCUT2D eigenvalue weighted by molar-refractivity contribution is 0.0951. The maximum atomic E-state index is 13.2. The Kier molecular flexibility index (Phi) is 6.50. The van der Waals surface area contributed by atoms with E-state index in [1.165, 1.54) is 14.2 Å². The number of rotatable bonds is 8. The van der Waals surface area contributed by atoms with Crippen molar-refractivity contribution >= 4 is 16.7 Å². The molecule has 160 valence electrons. The van der Waals surface area contributed by atoms with E-state index in [0.29, 0.717) is 34.4 Å². The first-order valence-electron chi connectivity index (χ1n) is 10.1. The normalized spacial score (nSPS) is 11.1. The van der Waals surface area contributed by atoms with Crippen molar-refractivity contribution in [2.24, 2.45) is 0 Å². The molecule has 1 amide bonds. The van der Waals surface area contributed by atoms with Gasteiger partial charge in [0, 0.05) is 29.7 Å². The minimum atomic E-state index is -0.271. The first kappa shape index (κ1) is 21.5. The number of methoxy groups -OCH3 is 2. The average Bonchev–Trinajstić information content (AvgIpc) is 3.18. The smallest absolute Gasteiger partial charge is 0.258 e. The first-order chi connectivity index (χ1) is 14.4. The predicted molar refractivity (Wildman–Crippen MR) is 116 cm³/mol. The summed E-state index contributed by atoms with van der Waals surface area (Å²) in [5.74, 6) is 1.40. The Morgan fingerprint density at radius 3 is 2.30 bits per heavy atom. The molecule has 0 saturated carbocycles. The van der Waals surface area contributed by atoms with Crippen LogP contribution < -0.4 is 20.3 Å². The van der Waals surface area contributed by atoms with Crippen molar-refractivity contribution in [2.45, 2.75) is 46.2 Å². The zero-order valence-electron chi connectivity index (χ0n) is 18.1. The van der Waals surface area contributed by atoms with Gasteiger partial charge in [0.05, 0.1) is 31.4 Å². The topological polar surface area (TPSA) is 82.7 Å². The Labute approximate surface area is 175 Å². The zero-order valence-corrected chi connectivity index (χ0v) is 18.1. The third-order valence-corrected chi connectivity index (χ3v) is 5.53. The number of carbonyl (C=O) groups excluding carboxylic acids is 1. The summed E-state index contributed by atoms with van der Waals surface area (Å²) < 4.78 is 17.7. The molecule has 1 aromatic carbocycles. The number of aromatic nitrogens is 1. The average molecular weight is 412 g/mol. The summed E-state index contributed by atoms with van der Waals surface area (Å²) in [6, 6.07) is 5.15. The fourth-order valence-corrected chi connectivity index (χ4v) is 3.68. The predicted octanol–water partition coefficient (Wildman–Crippen LogP) is 4.21. The second-order valence-electron chi connectivity index (χ2n) is 7.16. The van der Waals surface area contributed by atoms with Gasteiger partial charge in [-0.25, -0.2) is 0 Å². The highest BCUT2D eigenvalue weighted by Crippen LogP contribution is 2.33. The number of pyridine rings is 1. The molecule has 3 rings (SSSR count). The van der Waals surface area contributed by atoms with Crippen LogP contribution in [0.5, 0.6) is 11.5 Å². The number of furan rings is 1. The van der Waals surface area contributed by atoms with Crippen LogP contribution in [0.2, 0.25) is 0 Å². The summed E-state index contributed by atoms with van der Waals surface area (Å²) in [7, 11) is 3.05. The fraction of sp³-hybridized carbons (Fsp3) is 0.391. The van der Waals surface area contributed by atoms with Gasteiger partial charge in [-0.1, -0.05) is 13.8 Å². The molecule has 0 unspecified atom stereocenters. The summed E-state index contributed by atoms with van der Waals surface area (Å²) in [5.41, 5.74) is 1.17. The van der Waals surface area contributed by atoms with E-state index in [9.17, 15) is 9.59 Å². The van der Waals surface area contributed by atoms with Gasteiger partial charge in [0.25, 0.3) is 11.5 Å². The van der Waals surface area contributed by atoms with Crippen LogP contribution >= 0.6 is 0 Å². The molecule has 0 aliphatic heterocycles. The molecular weight excluding hydrogens is 384 g/mol. The lowest BCUT2D eigenvalue weighted by Gasteiger charge is -2.20. The van der Waals surface area contributed by atoms with Crippen LogP contribution in [0.1, 0.15) is 54.4 Å². The van der Waals surface area contributed by atoms with Gasteiger partial charge in [0.15, 0.2) is 11.5 Å². The summed E-state index contributed by atoms with van der Waals surface area (Å²) in [6.07, 6.45) is 4.82. The molecule has 0 saturated heterocycles. The molecular formula is C23H28N2O5. The van der Waals surface area contributed by atoms with Gasteiger partial charge in [-0.2, -0.15) is 0 Å². The van der Waals surface area contributed by atoms with Crippen LogP contribution in [0.4, 0.5) is 0 Å². The Morgan fingerprint density at radius 1 is 1.13 bits per heavy atom. The maximum Gasteiger partial charge on any atom is 0.258 e. The molecule has 0 radical (unpaired) electrons. The van der Waals surface area contributed by atoms with E-state index in [1.54, 1.807) is 29.2 Å². The zero-order chi connectivity index (χ0) is 21.8. The molecule has 0 aliphatic carbocycles. The van der Waals surface area contributed by atoms with Crippen molar-refractivity contribution in [1.82, 2.24) is 9.88 Å². The fourth-order valence-electron chi connectivity index (χ4n) is 3.68. The van der Waals surface area contributed by atoms with Crippen LogP contribution in [0.25, 0.3) is 10.8 Å². The van der Waals surface area contributed by atoms with E-state index in [1.807, 2.05) is 26.8 Å². The molecule has 0 spiro atoms. The number of carbonyl (C=O) groups is 1. The second kappa shape index (κ2) is 9.07. The molecule has 1 N–H and O–H groups in total. The minimum absolute atomic E-state index is 0.00216. The monoisotopic (exact) mass is 412 g/mol. The van der Waals surface area contributed by atoms with Crippen molar-refractivity contribution in [3.63, 3.8) is 0 Å². The van der Waals surface area contributed by atoms with Crippen LogP contribution in [0, 0.1) is 6.92 Å². The van der Waals surface area contributed by atoms with Crippen LogP contribution in [-0.4, -0.2) is 24.7 Å². The number of fused-ring (bicyclic) bond motifs is 1. The van der Waals surface area contributed by atoms with Crippen molar-refractivity contribution in [3.8, 4) is 11.5 Å². The molecule has 7 nitrogen and oxygen atoms in total. The molecule has 0 fully saturated rings. The Balaban J connectivity index is 2.16. The molecule has 30 heavy (non-hydrogen) atoms. The SMILES string of the molecule is CCC(CC)n1cc(C(=O)NCc2ccoc2C)c2cc(OC)c(OC)cc2c1=O. The van der Waals surface area contributed by atoms with E-state index >= 15 is 0 Å². The standard InChI is InChI=1S/C23H28N2O5/c1-6-16(7-2)25-13-19(22(26)24-12-15-8-9-30-14(15)3)17-10-20(28-4)21(29-5)11-18(17)23(25)27/h8-11,13,16H,6-7,12H2,1-5H3,(H,24,26). The van der Waals surface area contributed by atoms with Crippen LogP contribution in [0.3, 0.4) is 0 Å². The number of amides is 1. The molecule has 7 heteroatoms. The van der Waals surface area contributed by atoms with Crippen molar-refractivity contribution < 1.29 is 18.7 Å². The largest absolute Gasteiger partial charge is 0.493 e. The second-order valence-corrected chi connectivity index (χ2v) is 7.16. The maximum absolute atomic E-state index is 13.2. The van der Waals surface area contributed by atoms with E-state index in [0.717, 1.165) is 24.2 Å². The number of benzene rings is 1. The van der Waals surface area contributed by atoms with Crippen molar-refractivity contribution in [3.05, 3.63) is 57.9 Å². The Hall–Kier alpha value is -3.22. The highest BCUT2D eigenvalue weighted by Gasteiger charge is 2.20. The lowest BCUT2D eigenvalue weighted by Crippen LogP contribution is -2.29. The van der Waals surface area contributed by atoms with E-state index in [4.69, 9.17) is 13.9 Å². The number of nitrogens with zero attached hydrogens (tertiary/aromatic N) is 1. The number of aryl methyl sites for hydroxylation is 1. The quantitative estimate of drug-likeness (QED) is 0.599. The molecule has 2 aromatic heterocycles. The Morgan fingerprint density at radius 2 is 1.77 bits per heavy atom. The third kappa shape index (κ3) is 3.92. The van der Waals surface area contributed by atoms with Gasteiger partial charge in [-0.05, 0) is 38.0 Å². The number of ether oxygens (including phenoxy) is 2.